The summed E-state index contributed by atoms with van der Waals surface area (Å²) in [5.74, 6) is -0.222. The van der Waals surface area contributed by atoms with Gasteiger partial charge in [-0.25, -0.2) is 0 Å². The summed E-state index contributed by atoms with van der Waals surface area (Å²) in [7, 11) is 0. The van der Waals surface area contributed by atoms with Crippen LogP contribution in [0.5, 0.6) is 0 Å². The predicted molar refractivity (Wildman–Crippen MR) is 67.0 cm³/mol. The lowest BCUT2D eigenvalue weighted by molar-refractivity contribution is 0.0949. The Bertz CT molecular complexity index is 405. The number of hydrogen-bond acceptors (Lipinski definition) is 4. The van der Waals surface area contributed by atoms with Crippen LogP contribution in [0.25, 0.3) is 0 Å². The number of carbonyl (C=O) groups is 1. The molecule has 0 fully saturated rings. The summed E-state index contributed by atoms with van der Waals surface area (Å²) in [5.41, 5.74) is 5.44. The third-order valence-electron chi connectivity index (χ3n) is 1.98. The average Bonchev–Trinajstić information content (AvgIpc) is 2.71. The summed E-state index contributed by atoms with van der Waals surface area (Å²) in [6.45, 7) is 1.84. The maximum atomic E-state index is 11.7. The number of amidine groups is 1. The Morgan fingerprint density at radius 1 is 1.75 bits per heavy atom. The van der Waals surface area contributed by atoms with Gasteiger partial charge >= 0.3 is 0 Å². The topological polar surface area (TPSA) is 87.7 Å². The summed E-state index contributed by atoms with van der Waals surface area (Å²) in [6.07, 6.45) is 0.564. The van der Waals surface area contributed by atoms with Crippen LogP contribution >= 0.6 is 27.3 Å². The molecule has 1 rings (SSSR count). The zero-order chi connectivity index (χ0) is 12.1. The lowest BCUT2D eigenvalue weighted by atomic mass is 10.2. The second-order valence-electron chi connectivity index (χ2n) is 3.06. The fraction of sp³-hybridized carbons (Fsp3) is 0.333. The van der Waals surface area contributed by atoms with Crippen molar-refractivity contribution in [3.8, 4) is 0 Å². The van der Waals surface area contributed by atoms with Crippen LogP contribution in [0.2, 0.25) is 0 Å². The monoisotopic (exact) mass is 305 g/mol. The van der Waals surface area contributed by atoms with E-state index in [1.54, 1.807) is 12.1 Å². The van der Waals surface area contributed by atoms with Gasteiger partial charge in [0.25, 0.3) is 5.91 Å². The zero-order valence-corrected chi connectivity index (χ0v) is 11.0. The highest BCUT2D eigenvalue weighted by Gasteiger charge is 2.16. The van der Waals surface area contributed by atoms with E-state index in [-0.39, 0.29) is 11.7 Å². The molecule has 4 N–H and O–H groups in total. The van der Waals surface area contributed by atoms with Crippen LogP contribution in [0.15, 0.2) is 21.1 Å². The first-order valence-corrected chi connectivity index (χ1v) is 6.23. The molecule has 0 aliphatic carbocycles. The van der Waals surface area contributed by atoms with Gasteiger partial charge in [0.1, 0.15) is 0 Å². The van der Waals surface area contributed by atoms with Crippen LogP contribution in [0, 0.1) is 0 Å². The van der Waals surface area contributed by atoms with Crippen molar-refractivity contribution in [1.29, 1.82) is 0 Å². The van der Waals surface area contributed by atoms with Crippen molar-refractivity contribution in [2.45, 2.75) is 19.4 Å². The van der Waals surface area contributed by atoms with E-state index in [1.807, 2.05) is 6.92 Å². The molecule has 1 aromatic heterocycles. The molecular formula is C9H12BrN3O2S. The van der Waals surface area contributed by atoms with Gasteiger partial charge in [0.2, 0.25) is 0 Å². The van der Waals surface area contributed by atoms with Crippen molar-refractivity contribution >= 4 is 39.0 Å². The van der Waals surface area contributed by atoms with Gasteiger partial charge in [0, 0.05) is 0 Å². The van der Waals surface area contributed by atoms with Gasteiger partial charge in [-0.3, -0.25) is 4.79 Å². The number of halogens is 1. The van der Waals surface area contributed by atoms with Crippen molar-refractivity contribution in [2.24, 2.45) is 10.9 Å². The van der Waals surface area contributed by atoms with Gasteiger partial charge in [-0.05, 0) is 34.5 Å². The number of oxime groups is 1. The first-order chi connectivity index (χ1) is 7.58. The lowest BCUT2D eigenvalue weighted by Crippen LogP contribution is -2.43. The summed E-state index contributed by atoms with van der Waals surface area (Å²) in [6, 6.07) is 3.06. The number of nitrogens with zero attached hydrogens (tertiary/aromatic N) is 1. The van der Waals surface area contributed by atoms with E-state index in [9.17, 15) is 4.79 Å². The Hall–Kier alpha value is -1.08. The zero-order valence-electron chi connectivity index (χ0n) is 8.61. The second-order valence-corrected chi connectivity index (χ2v) is 5.53. The molecule has 1 aromatic rings. The number of nitrogens with two attached hydrogens (primary N) is 1. The first-order valence-electron chi connectivity index (χ1n) is 4.62. The molecular weight excluding hydrogens is 294 g/mol. The lowest BCUT2D eigenvalue weighted by Gasteiger charge is -2.14. The number of thiophene rings is 1. The van der Waals surface area contributed by atoms with Gasteiger partial charge in [-0.15, -0.1) is 11.3 Å². The fourth-order valence-corrected chi connectivity index (χ4v) is 2.41. The van der Waals surface area contributed by atoms with Crippen molar-refractivity contribution in [3.05, 3.63) is 20.8 Å². The van der Waals surface area contributed by atoms with E-state index in [2.05, 4.69) is 26.4 Å². The molecule has 0 radical (unpaired) electrons. The predicted octanol–water partition coefficient (Wildman–Crippen LogP) is 1.77. The fourth-order valence-electron chi connectivity index (χ4n) is 1.12. The highest BCUT2D eigenvalue weighted by Crippen LogP contribution is 2.21. The van der Waals surface area contributed by atoms with Crippen molar-refractivity contribution in [2.75, 3.05) is 0 Å². The normalized spacial score (nSPS) is 13.5. The molecule has 0 aromatic carbocycles. The van der Waals surface area contributed by atoms with Crippen LogP contribution in [0.3, 0.4) is 0 Å². The maximum absolute atomic E-state index is 11.7. The molecule has 1 amide bonds. The Kier molecular flexibility index (Phi) is 4.75. The van der Waals surface area contributed by atoms with Crippen molar-refractivity contribution in [1.82, 2.24) is 5.32 Å². The van der Waals surface area contributed by atoms with E-state index < -0.39 is 6.04 Å². The molecule has 1 heterocycles. The molecule has 7 heteroatoms. The van der Waals surface area contributed by atoms with Crippen molar-refractivity contribution in [3.63, 3.8) is 0 Å². The third-order valence-corrected chi connectivity index (χ3v) is 3.61. The molecule has 1 atom stereocenters. The van der Waals surface area contributed by atoms with E-state index in [4.69, 9.17) is 10.9 Å². The van der Waals surface area contributed by atoms with Gasteiger partial charge < -0.3 is 16.3 Å². The molecule has 16 heavy (non-hydrogen) atoms. The van der Waals surface area contributed by atoms with Crippen LogP contribution in [-0.4, -0.2) is 23.0 Å². The van der Waals surface area contributed by atoms with Crippen LogP contribution in [0.4, 0.5) is 0 Å². The third kappa shape index (κ3) is 3.21. The summed E-state index contributed by atoms with van der Waals surface area (Å²) in [4.78, 5) is 12.3. The molecule has 88 valence electrons. The number of carbonyl (C=O) groups excluding carboxylic acids is 1. The minimum absolute atomic E-state index is 0.00599. The van der Waals surface area contributed by atoms with Crippen LogP contribution in [0.1, 0.15) is 23.0 Å². The van der Waals surface area contributed by atoms with Crippen LogP contribution in [-0.2, 0) is 0 Å². The summed E-state index contributed by atoms with van der Waals surface area (Å²) < 4.78 is 0.884. The Morgan fingerprint density at radius 3 is 2.88 bits per heavy atom. The second kappa shape index (κ2) is 5.86. The van der Waals surface area contributed by atoms with Gasteiger partial charge in [0.15, 0.2) is 5.84 Å². The Morgan fingerprint density at radius 2 is 2.44 bits per heavy atom. The Labute approximate surface area is 105 Å². The first kappa shape index (κ1) is 13.0. The molecule has 0 aliphatic heterocycles. The number of amides is 1. The van der Waals surface area contributed by atoms with E-state index in [1.165, 1.54) is 11.3 Å². The number of hydrogen-bond donors (Lipinski definition) is 3. The van der Waals surface area contributed by atoms with E-state index in [0.29, 0.717) is 11.3 Å². The van der Waals surface area contributed by atoms with E-state index >= 15 is 0 Å². The number of rotatable bonds is 4. The van der Waals surface area contributed by atoms with Gasteiger partial charge in [-0.1, -0.05) is 12.1 Å². The SMILES string of the molecule is CCC(NC(=O)c1ccc(Br)s1)/C(N)=N/O. The number of nitrogens with one attached hydrogen (secondary N) is 1. The van der Waals surface area contributed by atoms with Crippen molar-refractivity contribution < 1.29 is 10.0 Å². The standard InChI is InChI=1S/C9H12BrN3O2S/c1-2-5(8(11)13-15)12-9(14)6-3-4-7(10)16-6/h3-5,15H,2H2,1H3,(H2,11,13)(H,12,14). The minimum Gasteiger partial charge on any atom is -0.409 e. The molecule has 1 unspecified atom stereocenters. The maximum Gasteiger partial charge on any atom is 0.261 e. The van der Waals surface area contributed by atoms with Crippen LogP contribution < -0.4 is 11.1 Å². The average molecular weight is 306 g/mol. The molecule has 0 spiro atoms. The molecule has 5 nitrogen and oxygen atoms in total. The Balaban J connectivity index is 2.70. The quantitative estimate of drug-likeness (QED) is 0.343. The van der Waals surface area contributed by atoms with Gasteiger partial charge in [0.05, 0.1) is 14.7 Å². The highest BCUT2D eigenvalue weighted by atomic mass is 79.9. The summed E-state index contributed by atoms with van der Waals surface area (Å²) in [5, 5.41) is 14.1. The van der Waals surface area contributed by atoms with E-state index in [0.717, 1.165) is 3.79 Å². The smallest absolute Gasteiger partial charge is 0.261 e. The largest absolute Gasteiger partial charge is 0.409 e. The van der Waals surface area contributed by atoms with Gasteiger partial charge in [-0.2, -0.15) is 0 Å². The highest BCUT2D eigenvalue weighted by molar-refractivity contribution is 9.11. The minimum atomic E-state index is -0.446. The molecule has 0 saturated carbocycles. The summed E-state index contributed by atoms with van der Waals surface area (Å²) >= 11 is 4.61. The molecule has 0 aliphatic rings. The molecule has 0 bridgehead atoms. The molecule has 0 saturated heterocycles.